The summed E-state index contributed by atoms with van der Waals surface area (Å²) in [5, 5.41) is 14.0. The lowest BCUT2D eigenvalue weighted by molar-refractivity contribution is 0.317. The first-order valence-electron chi connectivity index (χ1n) is 6.95. The van der Waals surface area contributed by atoms with E-state index in [4.69, 9.17) is 4.74 Å². The zero-order chi connectivity index (χ0) is 13.7. The van der Waals surface area contributed by atoms with E-state index in [0.29, 0.717) is 18.4 Å². The normalized spacial score (nSPS) is 22.6. The van der Waals surface area contributed by atoms with Crippen molar-refractivity contribution >= 4 is 11.8 Å². The van der Waals surface area contributed by atoms with Crippen molar-refractivity contribution in [1.82, 2.24) is 5.32 Å². The molecule has 1 fully saturated rings. The fraction of sp³-hybridized carbons (Fsp3) is 0.600. The van der Waals surface area contributed by atoms with Crippen molar-refractivity contribution in [2.24, 2.45) is 0 Å². The number of hydrogen-bond donors (Lipinski definition) is 2. The van der Waals surface area contributed by atoms with Gasteiger partial charge in [-0.25, -0.2) is 0 Å². The number of hydrogen-bond acceptors (Lipinski definition) is 4. The van der Waals surface area contributed by atoms with Crippen LogP contribution in [0.2, 0.25) is 0 Å². The molecule has 2 N–H and O–H groups in total. The molecule has 0 radical (unpaired) electrons. The Kier molecular flexibility index (Phi) is 5.40. The van der Waals surface area contributed by atoms with E-state index in [1.807, 2.05) is 30.8 Å². The van der Waals surface area contributed by atoms with E-state index >= 15 is 0 Å². The number of nitrogens with one attached hydrogen (secondary N) is 1. The number of benzene rings is 1. The van der Waals surface area contributed by atoms with Crippen molar-refractivity contribution < 1.29 is 9.84 Å². The fourth-order valence-corrected chi connectivity index (χ4v) is 3.59. The maximum atomic E-state index is 9.68. The standard InChI is InChI=1S/C15H23NO2S/c1-3-18-14-9-11(7-8-13(14)17)10-16-12-5-4-6-15(12)19-2/h7-9,12,15-17H,3-6,10H2,1-2H3. The van der Waals surface area contributed by atoms with E-state index in [1.165, 1.54) is 19.3 Å². The summed E-state index contributed by atoms with van der Waals surface area (Å²) in [6, 6.07) is 6.20. The Hall–Kier alpha value is -0.870. The van der Waals surface area contributed by atoms with Gasteiger partial charge in [-0.1, -0.05) is 12.5 Å². The van der Waals surface area contributed by atoms with Crippen LogP contribution in [0.5, 0.6) is 11.5 Å². The molecule has 0 aliphatic heterocycles. The number of aromatic hydroxyl groups is 1. The number of phenols is 1. The van der Waals surface area contributed by atoms with E-state index < -0.39 is 0 Å². The second-order valence-corrected chi connectivity index (χ2v) is 6.00. The Morgan fingerprint density at radius 2 is 2.26 bits per heavy atom. The Balaban J connectivity index is 1.93. The third-order valence-electron chi connectivity index (χ3n) is 3.65. The molecular weight excluding hydrogens is 258 g/mol. The van der Waals surface area contributed by atoms with Gasteiger partial charge in [0.1, 0.15) is 0 Å². The van der Waals surface area contributed by atoms with Crippen LogP contribution in [-0.4, -0.2) is 29.3 Å². The zero-order valence-electron chi connectivity index (χ0n) is 11.7. The summed E-state index contributed by atoms with van der Waals surface area (Å²) in [5.41, 5.74) is 1.16. The highest BCUT2D eigenvalue weighted by Gasteiger charge is 2.25. The summed E-state index contributed by atoms with van der Waals surface area (Å²) in [5.74, 6) is 0.795. The van der Waals surface area contributed by atoms with Gasteiger partial charge in [-0.2, -0.15) is 11.8 Å². The molecule has 0 amide bonds. The molecule has 0 bridgehead atoms. The van der Waals surface area contributed by atoms with Crippen LogP contribution in [0.4, 0.5) is 0 Å². The minimum atomic E-state index is 0.216. The van der Waals surface area contributed by atoms with E-state index in [0.717, 1.165) is 17.4 Å². The average Bonchev–Trinajstić information content (AvgIpc) is 2.87. The van der Waals surface area contributed by atoms with E-state index in [9.17, 15) is 5.11 Å². The smallest absolute Gasteiger partial charge is 0.161 e. The van der Waals surface area contributed by atoms with Crippen LogP contribution in [0.3, 0.4) is 0 Å². The van der Waals surface area contributed by atoms with Gasteiger partial charge in [-0.05, 0) is 43.7 Å². The number of rotatable bonds is 6. The molecule has 106 valence electrons. The van der Waals surface area contributed by atoms with Crippen molar-refractivity contribution in [3.63, 3.8) is 0 Å². The lowest BCUT2D eigenvalue weighted by atomic mass is 10.1. The minimum absolute atomic E-state index is 0.216. The molecule has 2 rings (SSSR count). The zero-order valence-corrected chi connectivity index (χ0v) is 12.5. The molecule has 1 aromatic rings. The maximum absolute atomic E-state index is 9.68. The highest BCUT2D eigenvalue weighted by atomic mass is 32.2. The first kappa shape index (κ1) is 14.5. The largest absolute Gasteiger partial charge is 0.504 e. The summed E-state index contributed by atoms with van der Waals surface area (Å²) >= 11 is 1.96. The van der Waals surface area contributed by atoms with Crippen LogP contribution < -0.4 is 10.1 Å². The molecule has 1 aliphatic rings. The van der Waals surface area contributed by atoms with E-state index in [-0.39, 0.29) is 5.75 Å². The van der Waals surface area contributed by atoms with E-state index in [1.54, 1.807) is 6.07 Å². The topological polar surface area (TPSA) is 41.5 Å². The molecular formula is C15H23NO2S. The first-order valence-corrected chi connectivity index (χ1v) is 8.24. The van der Waals surface area contributed by atoms with Crippen molar-refractivity contribution in [2.75, 3.05) is 12.9 Å². The molecule has 3 nitrogen and oxygen atoms in total. The molecule has 19 heavy (non-hydrogen) atoms. The number of thioether (sulfide) groups is 1. The minimum Gasteiger partial charge on any atom is -0.504 e. The molecule has 0 saturated heterocycles. The predicted octanol–water partition coefficient (Wildman–Crippen LogP) is 3.16. The third kappa shape index (κ3) is 3.80. The van der Waals surface area contributed by atoms with Gasteiger partial charge in [-0.3, -0.25) is 0 Å². The van der Waals surface area contributed by atoms with Crippen LogP contribution in [-0.2, 0) is 6.54 Å². The molecule has 4 heteroatoms. The van der Waals surface area contributed by atoms with Gasteiger partial charge in [0.05, 0.1) is 6.61 Å². The second-order valence-electron chi connectivity index (χ2n) is 4.93. The van der Waals surface area contributed by atoms with Crippen LogP contribution in [0.15, 0.2) is 18.2 Å². The third-order valence-corrected chi connectivity index (χ3v) is 4.82. The Morgan fingerprint density at radius 3 is 3.00 bits per heavy atom. The van der Waals surface area contributed by atoms with Crippen LogP contribution >= 0.6 is 11.8 Å². The molecule has 2 unspecified atom stereocenters. The molecule has 0 spiro atoms. The van der Waals surface area contributed by atoms with Crippen molar-refractivity contribution in [3.8, 4) is 11.5 Å². The Morgan fingerprint density at radius 1 is 1.42 bits per heavy atom. The summed E-state index contributed by atoms with van der Waals surface area (Å²) in [6.45, 7) is 3.33. The quantitative estimate of drug-likeness (QED) is 0.840. The molecule has 0 aromatic heterocycles. The maximum Gasteiger partial charge on any atom is 0.161 e. The summed E-state index contributed by atoms with van der Waals surface area (Å²) in [4.78, 5) is 0. The molecule has 0 heterocycles. The molecule has 1 aromatic carbocycles. The van der Waals surface area contributed by atoms with Crippen molar-refractivity contribution in [2.45, 2.75) is 44.0 Å². The van der Waals surface area contributed by atoms with Crippen LogP contribution in [0, 0.1) is 0 Å². The second kappa shape index (κ2) is 7.06. The number of phenolic OH excluding ortho intramolecular Hbond substituents is 1. The number of ether oxygens (including phenoxy) is 1. The fourth-order valence-electron chi connectivity index (χ4n) is 2.63. The predicted molar refractivity (Wildman–Crippen MR) is 81.1 cm³/mol. The van der Waals surface area contributed by atoms with Gasteiger partial charge in [-0.15, -0.1) is 0 Å². The van der Waals surface area contributed by atoms with Crippen molar-refractivity contribution in [1.29, 1.82) is 0 Å². The summed E-state index contributed by atoms with van der Waals surface area (Å²) in [7, 11) is 0. The van der Waals surface area contributed by atoms with Gasteiger partial charge < -0.3 is 15.2 Å². The molecule has 2 atom stereocenters. The van der Waals surface area contributed by atoms with Gasteiger partial charge in [0.2, 0.25) is 0 Å². The highest BCUT2D eigenvalue weighted by Crippen LogP contribution is 2.30. The summed E-state index contributed by atoms with van der Waals surface area (Å²) in [6.07, 6.45) is 6.10. The first-order chi connectivity index (χ1) is 9.24. The van der Waals surface area contributed by atoms with Crippen LogP contribution in [0.25, 0.3) is 0 Å². The highest BCUT2D eigenvalue weighted by molar-refractivity contribution is 7.99. The lowest BCUT2D eigenvalue weighted by Crippen LogP contribution is -2.33. The Labute approximate surface area is 119 Å². The SMILES string of the molecule is CCOc1cc(CNC2CCCC2SC)ccc1O. The van der Waals surface area contributed by atoms with Gasteiger partial charge in [0.15, 0.2) is 11.5 Å². The van der Waals surface area contributed by atoms with E-state index in [2.05, 4.69) is 11.6 Å². The van der Waals surface area contributed by atoms with Gasteiger partial charge in [0.25, 0.3) is 0 Å². The average molecular weight is 281 g/mol. The van der Waals surface area contributed by atoms with Gasteiger partial charge >= 0.3 is 0 Å². The van der Waals surface area contributed by atoms with Crippen molar-refractivity contribution in [3.05, 3.63) is 23.8 Å². The summed E-state index contributed by atoms with van der Waals surface area (Å²) < 4.78 is 5.41. The van der Waals surface area contributed by atoms with Gasteiger partial charge in [0, 0.05) is 17.8 Å². The monoisotopic (exact) mass is 281 g/mol. The lowest BCUT2D eigenvalue weighted by Gasteiger charge is -2.19. The van der Waals surface area contributed by atoms with Crippen LogP contribution in [0.1, 0.15) is 31.7 Å². The molecule has 1 aliphatic carbocycles. The Bertz CT molecular complexity index is 411. The molecule has 1 saturated carbocycles.